The lowest BCUT2D eigenvalue weighted by Gasteiger charge is -2.33. The lowest BCUT2D eigenvalue weighted by Crippen LogP contribution is -2.40. The van der Waals surface area contributed by atoms with E-state index in [1.54, 1.807) is 0 Å². The number of β-amino-alcohol motifs (C(OH)–C–C–N with tert-alkyl or cyclic N) is 2. The predicted octanol–water partition coefficient (Wildman–Crippen LogP) is 0.811. The van der Waals surface area contributed by atoms with Crippen molar-refractivity contribution in [3.05, 3.63) is 35.4 Å². The minimum absolute atomic E-state index is 0.00130. The summed E-state index contributed by atoms with van der Waals surface area (Å²) in [6.45, 7) is 5.11. The van der Waals surface area contributed by atoms with Gasteiger partial charge in [-0.2, -0.15) is 0 Å². The first-order chi connectivity index (χ1) is 9.04. The van der Waals surface area contributed by atoms with Crippen LogP contribution in [0.3, 0.4) is 0 Å². The van der Waals surface area contributed by atoms with E-state index in [9.17, 15) is 10.2 Å². The molecule has 0 bridgehead atoms. The van der Waals surface area contributed by atoms with Crippen LogP contribution in [0.1, 0.15) is 30.5 Å². The van der Waals surface area contributed by atoms with Crippen molar-refractivity contribution >= 4 is 0 Å². The van der Waals surface area contributed by atoms with E-state index in [0.29, 0.717) is 13.1 Å². The molecule has 1 fully saturated rings. The molecule has 0 saturated carbocycles. The zero-order valence-electron chi connectivity index (χ0n) is 11.7. The Morgan fingerprint density at radius 1 is 1.26 bits per heavy atom. The summed E-state index contributed by atoms with van der Waals surface area (Å²) in [7, 11) is 0. The molecule has 0 aromatic heterocycles. The predicted molar refractivity (Wildman–Crippen MR) is 75.8 cm³/mol. The summed E-state index contributed by atoms with van der Waals surface area (Å²) in [6, 6.07) is 8.25. The Hall–Kier alpha value is -0.940. The molecule has 4 atom stereocenters. The molecule has 1 saturated heterocycles. The third-order valence-electron chi connectivity index (χ3n) is 4.06. The molecule has 2 rings (SSSR count). The highest BCUT2D eigenvalue weighted by Gasteiger charge is 2.36. The summed E-state index contributed by atoms with van der Waals surface area (Å²) in [5.41, 5.74) is 8.68. The van der Waals surface area contributed by atoms with E-state index >= 15 is 0 Å². The minimum Gasteiger partial charge on any atom is -0.389 e. The van der Waals surface area contributed by atoms with Gasteiger partial charge in [-0.15, -0.1) is 0 Å². The average molecular weight is 264 g/mol. The van der Waals surface area contributed by atoms with E-state index in [0.717, 1.165) is 6.42 Å². The smallest absolute Gasteiger partial charge is 0.0938 e. The SMILES string of the molecule is CCC(N)C(c1ccccc1C)N1CC(O)C(O)C1. The highest BCUT2D eigenvalue weighted by atomic mass is 16.3. The molecule has 0 aliphatic carbocycles. The van der Waals surface area contributed by atoms with E-state index in [4.69, 9.17) is 5.73 Å². The van der Waals surface area contributed by atoms with Crippen LogP contribution in [0.25, 0.3) is 0 Å². The minimum atomic E-state index is -0.671. The molecule has 106 valence electrons. The van der Waals surface area contributed by atoms with Gasteiger partial charge >= 0.3 is 0 Å². The quantitative estimate of drug-likeness (QED) is 0.753. The number of hydrogen-bond donors (Lipinski definition) is 3. The van der Waals surface area contributed by atoms with Gasteiger partial charge in [-0.25, -0.2) is 0 Å². The Kier molecular flexibility index (Phi) is 4.58. The molecule has 0 amide bonds. The van der Waals surface area contributed by atoms with Crippen LogP contribution in [0.15, 0.2) is 24.3 Å². The van der Waals surface area contributed by atoms with Gasteiger partial charge in [0.15, 0.2) is 0 Å². The normalized spacial score (nSPS) is 27.4. The third kappa shape index (κ3) is 2.98. The molecule has 4 heteroatoms. The zero-order chi connectivity index (χ0) is 14.0. The molecule has 4 N–H and O–H groups in total. The van der Waals surface area contributed by atoms with Gasteiger partial charge in [-0.05, 0) is 24.5 Å². The highest BCUT2D eigenvalue weighted by molar-refractivity contribution is 5.30. The van der Waals surface area contributed by atoms with Crippen LogP contribution in [-0.4, -0.2) is 46.5 Å². The Morgan fingerprint density at radius 2 is 1.84 bits per heavy atom. The first-order valence-electron chi connectivity index (χ1n) is 6.95. The number of benzene rings is 1. The number of hydrogen-bond acceptors (Lipinski definition) is 4. The zero-order valence-corrected chi connectivity index (χ0v) is 11.7. The standard InChI is InChI=1S/C15H24N2O2/c1-3-12(16)15(11-7-5-4-6-10(11)2)17-8-13(18)14(19)9-17/h4-7,12-15,18-19H,3,8-9,16H2,1-2H3. The monoisotopic (exact) mass is 264 g/mol. The van der Waals surface area contributed by atoms with Crippen molar-refractivity contribution in [2.75, 3.05) is 13.1 Å². The van der Waals surface area contributed by atoms with Crippen molar-refractivity contribution in [3.63, 3.8) is 0 Å². The Labute approximate surface area is 114 Å². The van der Waals surface area contributed by atoms with Crippen LogP contribution in [0.5, 0.6) is 0 Å². The number of nitrogens with zero attached hydrogens (tertiary/aromatic N) is 1. The van der Waals surface area contributed by atoms with Crippen molar-refractivity contribution in [1.82, 2.24) is 4.90 Å². The summed E-state index contributed by atoms with van der Waals surface area (Å²) < 4.78 is 0. The van der Waals surface area contributed by atoms with Crippen molar-refractivity contribution < 1.29 is 10.2 Å². The number of nitrogens with two attached hydrogens (primary N) is 1. The maximum absolute atomic E-state index is 9.76. The number of aliphatic hydroxyl groups excluding tert-OH is 2. The van der Waals surface area contributed by atoms with Crippen molar-refractivity contribution in [2.24, 2.45) is 5.73 Å². The van der Waals surface area contributed by atoms with E-state index in [2.05, 4.69) is 30.9 Å². The van der Waals surface area contributed by atoms with Crippen molar-refractivity contribution in [1.29, 1.82) is 0 Å². The Morgan fingerprint density at radius 3 is 2.37 bits per heavy atom. The van der Waals surface area contributed by atoms with Gasteiger partial charge in [0.05, 0.1) is 18.2 Å². The molecule has 4 nitrogen and oxygen atoms in total. The van der Waals surface area contributed by atoms with Gasteiger partial charge in [0.25, 0.3) is 0 Å². The van der Waals surface area contributed by atoms with Gasteiger partial charge in [0.2, 0.25) is 0 Å². The molecular formula is C15H24N2O2. The Balaban J connectivity index is 2.30. The van der Waals surface area contributed by atoms with Gasteiger partial charge in [0, 0.05) is 19.1 Å². The summed E-state index contributed by atoms with van der Waals surface area (Å²) in [5.74, 6) is 0. The van der Waals surface area contributed by atoms with Crippen LogP contribution in [0.4, 0.5) is 0 Å². The average Bonchev–Trinajstić information content (AvgIpc) is 2.71. The van der Waals surface area contributed by atoms with Crippen LogP contribution >= 0.6 is 0 Å². The van der Waals surface area contributed by atoms with E-state index < -0.39 is 12.2 Å². The van der Waals surface area contributed by atoms with E-state index in [1.807, 2.05) is 12.1 Å². The molecule has 1 aliphatic rings. The second-order valence-electron chi connectivity index (χ2n) is 5.46. The fourth-order valence-electron chi connectivity index (χ4n) is 2.87. The first-order valence-corrected chi connectivity index (χ1v) is 6.95. The fraction of sp³-hybridized carbons (Fsp3) is 0.600. The molecular weight excluding hydrogens is 240 g/mol. The maximum Gasteiger partial charge on any atom is 0.0938 e. The summed E-state index contributed by atoms with van der Waals surface area (Å²) in [5, 5.41) is 19.5. The molecule has 19 heavy (non-hydrogen) atoms. The molecule has 1 aromatic rings. The van der Waals surface area contributed by atoms with Gasteiger partial charge in [0.1, 0.15) is 0 Å². The molecule has 0 spiro atoms. The van der Waals surface area contributed by atoms with E-state index in [1.165, 1.54) is 11.1 Å². The summed E-state index contributed by atoms with van der Waals surface area (Å²) in [6.07, 6.45) is -0.479. The number of aliphatic hydroxyl groups is 2. The summed E-state index contributed by atoms with van der Waals surface area (Å²) in [4.78, 5) is 2.10. The van der Waals surface area contributed by atoms with Crippen molar-refractivity contribution in [2.45, 2.75) is 44.6 Å². The third-order valence-corrected chi connectivity index (χ3v) is 4.06. The topological polar surface area (TPSA) is 69.7 Å². The van der Waals surface area contributed by atoms with Crippen LogP contribution in [0, 0.1) is 6.92 Å². The van der Waals surface area contributed by atoms with Gasteiger partial charge < -0.3 is 15.9 Å². The van der Waals surface area contributed by atoms with Crippen LogP contribution < -0.4 is 5.73 Å². The molecule has 0 radical (unpaired) electrons. The highest BCUT2D eigenvalue weighted by Crippen LogP contribution is 2.30. The number of aryl methyl sites for hydroxylation is 1. The molecule has 1 aliphatic heterocycles. The lowest BCUT2D eigenvalue weighted by atomic mass is 9.93. The summed E-state index contributed by atoms with van der Waals surface area (Å²) >= 11 is 0. The Bertz CT molecular complexity index is 414. The van der Waals surface area contributed by atoms with Crippen LogP contribution in [0.2, 0.25) is 0 Å². The second kappa shape index (κ2) is 6.01. The maximum atomic E-state index is 9.76. The fourth-order valence-corrected chi connectivity index (χ4v) is 2.87. The van der Waals surface area contributed by atoms with E-state index in [-0.39, 0.29) is 12.1 Å². The first kappa shape index (κ1) is 14.5. The van der Waals surface area contributed by atoms with Crippen LogP contribution in [-0.2, 0) is 0 Å². The van der Waals surface area contributed by atoms with Gasteiger partial charge in [-0.1, -0.05) is 31.2 Å². The number of rotatable bonds is 4. The van der Waals surface area contributed by atoms with Gasteiger partial charge in [-0.3, -0.25) is 4.90 Å². The molecule has 4 unspecified atom stereocenters. The molecule has 1 heterocycles. The van der Waals surface area contributed by atoms with Crippen molar-refractivity contribution in [3.8, 4) is 0 Å². The molecule has 1 aromatic carbocycles. The largest absolute Gasteiger partial charge is 0.389 e. The lowest BCUT2D eigenvalue weighted by molar-refractivity contribution is 0.0572. The second-order valence-corrected chi connectivity index (χ2v) is 5.46. The number of likely N-dealkylation sites (tertiary alicyclic amines) is 1.